The molecule has 0 aromatic heterocycles. The zero-order valence-corrected chi connectivity index (χ0v) is 10.6. The number of rotatable bonds is 3. The van der Waals surface area contributed by atoms with Crippen molar-refractivity contribution in [3.8, 4) is 11.1 Å². The molecule has 2 rings (SSSR count). The van der Waals surface area contributed by atoms with Gasteiger partial charge in [0.05, 0.1) is 11.1 Å². The van der Waals surface area contributed by atoms with E-state index < -0.39 is 11.9 Å². The van der Waals surface area contributed by atoms with E-state index in [1.807, 2.05) is 6.07 Å². The molecule has 0 radical (unpaired) electrons. The van der Waals surface area contributed by atoms with E-state index in [1.54, 1.807) is 24.3 Å². The van der Waals surface area contributed by atoms with Crippen LogP contribution in [-0.2, 0) is 0 Å². The van der Waals surface area contributed by atoms with Crippen LogP contribution in [0, 0.1) is 0 Å². The van der Waals surface area contributed by atoms with Gasteiger partial charge in [-0.05, 0) is 29.3 Å². The Morgan fingerprint density at radius 3 is 2.00 bits per heavy atom. The largest absolute Gasteiger partial charge is 0.478 e. The Bertz CT molecular complexity index is 608. The first kappa shape index (κ1) is 14.7. The van der Waals surface area contributed by atoms with Crippen LogP contribution < -0.4 is 0 Å². The van der Waals surface area contributed by atoms with Crippen molar-refractivity contribution >= 4 is 24.3 Å². The summed E-state index contributed by atoms with van der Waals surface area (Å²) >= 11 is 0. The third kappa shape index (κ3) is 3.11. The molecule has 0 heterocycles. The van der Waals surface area contributed by atoms with Gasteiger partial charge in [0.2, 0.25) is 0 Å². The smallest absolute Gasteiger partial charge is 0.336 e. The summed E-state index contributed by atoms with van der Waals surface area (Å²) in [6.45, 7) is 0. The lowest BCUT2D eigenvalue weighted by Crippen LogP contribution is -2.03. The number of hydrogen-bond acceptors (Lipinski definition) is 2. The summed E-state index contributed by atoms with van der Waals surface area (Å²) in [5.74, 6) is -2.16. The lowest BCUT2D eigenvalue weighted by atomic mass is 9.97. The lowest BCUT2D eigenvalue weighted by Gasteiger charge is -2.07. The van der Waals surface area contributed by atoms with Crippen molar-refractivity contribution in [3.63, 3.8) is 0 Å². The van der Waals surface area contributed by atoms with Crippen molar-refractivity contribution in [2.45, 2.75) is 0 Å². The molecule has 0 amide bonds. The molecule has 0 saturated heterocycles. The Morgan fingerprint density at radius 2 is 1.47 bits per heavy atom. The highest BCUT2D eigenvalue weighted by Gasteiger charge is 2.14. The molecule has 5 heteroatoms. The van der Waals surface area contributed by atoms with Gasteiger partial charge in [-0.3, -0.25) is 0 Å². The molecule has 0 fully saturated rings. The van der Waals surface area contributed by atoms with Crippen molar-refractivity contribution in [2.24, 2.45) is 0 Å². The summed E-state index contributed by atoms with van der Waals surface area (Å²) in [4.78, 5) is 22.0. The molecule has 0 unspecified atom stereocenters. The quantitative estimate of drug-likeness (QED) is 0.904. The summed E-state index contributed by atoms with van der Waals surface area (Å²) in [6, 6.07) is 12.8. The van der Waals surface area contributed by atoms with Crippen LogP contribution in [0.15, 0.2) is 48.5 Å². The van der Waals surface area contributed by atoms with E-state index in [0.29, 0.717) is 11.1 Å². The predicted molar refractivity (Wildman–Crippen MR) is 73.0 cm³/mol. The van der Waals surface area contributed by atoms with Gasteiger partial charge in [0.15, 0.2) is 0 Å². The van der Waals surface area contributed by atoms with Crippen LogP contribution in [0.1, 0.15) is 20.7 Å². The molecule has 19 heavy (non-hydrogen) atoms. The molecule has 0 aliphatic carbocycles. The zero-order valence-electron chi connectivity index (χ0n) is 9.74. The topological polar surface area (TPSA) is 74.6 Å². The average molecular weight is 279 g/mol. The van der Waals surface area contributed by atoms with Crippen LogP contribution in [-0.4, -0.2) is 22.2 Å². The van der Waals surface area contributed by atoms with Crippen LogP contribution >= 0.6 is 12.4 Å². The van der Waals surface area contributed by atoms with E-state index in [-0.39, 0.29) is 23.5 Å². The number of aromatic carboxylic acids is 2. The van der Waals surface area contributed by atoms with Gasteiger partial charge in [0.25, 0.3) is 0 Å². The molecule has 0 spiro atoms. The van der Waals surface area contributed by atoms with Crippen LogP contribution in [0.3, 0.4) is 0 Å². The lowest BCUT2D eigenvalue weighted by molar-refractivity contribution is 0.0682. The van der Waals surface area contributed by atoms with Crippen LogP contribution in [0.5, 0.6) is 0 Å². The molecule has 0 atom stereocenters. The minimum Gasteiger partial charge on any atom is -0.478 e. The number of carbonyl (C=O) groups is 2. The minimum absolute atomic E-state index is 0. The van der Waals surface area contributed by atoms with E-state index in [2.05, 4.69) is 0 Å². The molecule has 0 saturated carbocycles. The standard InChI is InChI=1S/C14H10O4.ClH/c15-13(16)10-6-7-11(14(17)18)12(8-10)9-4-2-1-3-5-9;/h1-8H,(H,15,16)(H,17,18);1H. The molecule has 98 valence electrons. The Morgan fingerprint density at radius 1 is 0.842 bits per heavy atom. The summed E-state index contributed by atoms with van der Waals surface area (Å²) in [5, 5.41) is 18.0. The van der Waals surface area contributed by atoms with Crippen LogP contribution in [0.25, 0.3) is 11.1 Å². The van der Waals surface area contributed by atoms with Gasteiger partial charge < -0.3 is 10.2 Å². The Balaban J connectivity index is 0.00000180. The van der Waals surface area contributed by atoms with E-state index in [0.717, 1.165) is 0 Å². The minimum atomic E-state index is -1.08. The molecule has 0 aliphatic heterocycles. The third-order valence-corrected chi connectivity index (χ3v) is 2.58. The first-order chi connectivity index (χ1) is 8.59. The maximum Gasteiger partial charge on any atom is 0.336 e. The third-order valence-electron chi connectivity index (χ3n) is 2.58. The summed E-state index contributed by atoms with van der Waals surface area (Å²) in [6.07, 6.45) is 0. The number of halogens is 1. The number of hydrogen-bond donors (Lipinski definition) is 2. The molecule has 0 aliphatic rings. The first-order valence-corrected chi connectivity index (χ1v) is 5.25. The molecule has 4 nitrogen and oxygen atoms in total. The van der Waals surface area contributed by atoms with Gasteiger partial charge in [-0.15, -0.1) is 12.4 Å². The Kier molecular flexibility index (Phi) is 4.67. The summed E-state index contributed by atoms with van der Waals surface area (Å²) in [5.41, 5.74) is 1.24. The predicted octanol–water partition coefficient (Wildman–Crippen LogP) is 3.17. The second-order valence-electron chi connectivity index (χ2n) is 3.74. The summed E-state index contributed by atoms with van der Waals surface area (Å²) < 4.78 is 0. The van der Waals surface area contributed by atoms with Crippen molar-refractivity contribution < 1.29 is 19.8 Å². The highest BCUT2D eigenvalue weighted by atomic mass is 35.5. The Hall–Kier alpha value is -2.33. The number of carboxylic acid groups (broad SMARTS) is 2. The number of benzene rings is 2. The second-order valence-corrected chi connectivity index (χ2v) is 3.74. The maximum absolute atomic E-state index is 11.1. The summed E-state index contributed by atoms with van der Waals surface area (Å²) in [7, 11) is 0. The van der Waals surface area contributed by atoms with Crippen LogP contribution in [0.4, 0.5) is 0 Å². The fourth-order valence-corrected chi connectivity index (χ4v) is 1.72. The molecular weight excluding hydrogens is 268 g/mol. The van der Waals surface area contributed by atoms with Crippen LogP contribution in [0.2, 0.25) is 0 Å². The highest BCUT2D eigenvalue weighted by Crippen LogP contribution is 2.25. The molecule has 2 aromatic rings. The van der Waals surface area contributed by atoms with Gasteiger partial charge in [-0.2, -0.15) is 0 Å². The first-order valence-electron chi connectivity index (χ1n) is 5.25. The SMILES string of the molecule is Cl.O=C(O)c1ccc(C(=O)O)c(-c2ccccc2)c1. The van der Waals surface area contributed by atoms with Crippen molar-refractivity contribution in [1.29, 1.82) is 0 Å². The second kappa shape index (κ2) is 6.02. The van der Waals surface area contributed by atoms with Gasteiger partial charge >= 0.3 is 11.9 Å². The van der Waals surface area contributed by atoms with E-state index in [9.17, 15) is 9.59 Å². The van der Waals surface area contributed by atoms with Gasteiger partial charge in [-0.1, -0.05) is 30.3 Å². The molecule has 0 bridgehead atoms. The number of carboxylic acids is 2. The monoisotopic (exact) mass is 278 g/mol. The fraction of sp³-hybridized carbons (Fsp3) is 0. The normalized spacial score (nSPS) is 9.47. The van der Waals surface area contributed by atoms with E-state index in [4.69, 9.17) is 10.2 Å². The maximum atomic E-state index is 11.1. The zero-order chi connectivity index (χ0) is 13.1. The van der Waals surface area contributed by atoms with Gasteiger partial charge in [0, 0.05) is 0 Å². The highest BCUT2D eigenvalue weighted by molar-refractivity contribution is 5.99. The van der Waals surface area contributed by atoms with E-state index in [1.165, 1.54) is 18.2 Å². The van der Waals surface area contributed by atoms with Gasteiger partial charge in [-0.25, -0.2) is 9.59 Å². The molecule has 2 N–H and O–H groups in total. The molecular formula is C14H11ClO4. The molecule has 2 aromatic carbocycles. The Labute approximate surface area is 115 Å². The van der Waals surface area contributed by atoms with E-state index >= 15 is 0 Å². The van der Waals surface area contributed by atoms with Crippen molar-refractivity contribution in [2.75, 3.05) is 0 Å². The average Bonchev–Trinajstić information content (AvgIpc) is 2.39. The van der Waals surface area contributed by atoms with Crippen molar-refractivity contribution in [1.82, 2.24) is 0 Å². The fourth-order valence-electron chi connectivity index (χ4n) is 1.72. The van der Waals surface area contributed by atoms with Crippen molar-refractivity contribution in [3.05, 3.63) is 59.7 Å². The van der Waals surface area contributed by atoms with Gasteiger partial charge in [0.1, 0.15) is 0 Å².